The minimum Gasteiger partial charge on any atom is -0.494 e. The first-order chi connectivity index (χ1) is 14.4. The molecule has 0 aliphatic carbocycles. The zero-order chi connectivity index (χ0) is 21.5. The second-order valence-electron chi connectivity index (χ2n) is 7.11. The van der Waals surface area contributed by atoms with Crippen molar-refractivity contribution in [2.45, 2.75) is 12.0 Å². The van der Waals surface area contributed by atoms with Crippen molar-refractivity contribution in [1.82, 2.24) is 0 Å². The summed E-state index contributed by atoms with van der Waals surface area (Å²) in [5.41, 5.74) is 12.8. The predicted octanol–water partition coefficient (Wildman–Crippen LogP) is 4.04. The lowest BCUT2D eigenvalue weighted by Crippen LogP contribution is -2.39. The van der Waals surface area contributed by atoms with Gasteiger partial charge in [-0.2, -0.15) is 0 Å². The molecule has 4 N–H and O–H groups in total. The molecule has 5 nitrogen and oxygen atoms in total. The quantitative estimate of drug-likeness (QED) is 0.644. The van der Waals surface area contributed by atoms with Gasteiger partial charge in [0.05, 0.1) is 12.7 Å². The minimum atomic E-state index is -0.828. The van der Waals surface area contributed by atoms with E-state index in [9.17, 15) is 4.79 Å². The number of nitrogens with two attached hydrogens (primary N) is 2. The Hall–Kier alpha value is -3.09. The number of primary amides is 1. The molecule has 0 aromatic heterocycles. The van der Waals surface area contributed by atoms with Gasteiger partial charge in [0, 0.05) is 34.7 Å². The van der Waals surface area contributed by atoms with E-state index in [0.29, 0.717) is 23.3 Å². The van der Waals surface area contributed by atoms with Crippen molar-refractivity contribution in [3.8, 4) is 22.6 Å². The SMILES string of the molecule is COc1ccc(C(N)=O)c(-c2c(Cl)ccc3c2CC(CN)(c2ccccc2)O3)c1F. The molecular weight excluding hydrogens is 407 g/mol. The molecule has 1 aliphatic rings. The van der Waals surface area contributed by atoms with Crippen LogP contribution in [0.4, 0.5) is 4.39 Å². The highest BCUT2D eigenvalue weighted by molar-refractivity contribution is 6.34. The van der Waals surface area contributed by atoms with Crippen LogP contribution in [0, 0.1) is 5.82 Å². The van der Waals surface area contributed by atoms with Crippen LogP contribution in [0.15, 0.2) is 54.6 Å². The molecule has 0 fully saturated rings. The van der Waals surface area contributed by atoms with Crippen molar-refractivity contribution in [1.29, 1.82) is 0 Å². The third-order valence-electron chi connectivity index (χ3n) is 5.46. The lowest BCUT2D eigenvalue weighted by atomic mass is 9.85. The number of hydrogen-bond donors (Lipinski definition) is 2. The molecule has 1 aliphatic heterocycles. The first-order valence-electron chi connectivity index (χ1n) is 9.34. The van der Waals surface area contributed by atoms with E-state index in [4.69, 9.17) is 32.5 Å². The molecule has 7 heteroatoms. The van der Waals surface area contributed by atoms with Crippen LogP contribution in [0.5, 0.6) is 11.5 Å². The van der Waals surface area contributed by atoms with Gasteiger partial charge in [0.25, 0.3) is 0 Å². The second kappa shape index (κ2) is 7.63. The maximum atomic E-state index is 15.4. The highest BCUT2D eigenvalue weighted by Gasteiger charge is 2.42. The van der Waals surface area contributed by atoms with E-state index in [1.54, 1.807) is 12.1 Å². The number of ether oxygens (including phenoxy) is 2. The van der Waals surface area contributed by atoms with Crippen molar-refractivity contribution in [3.05, 3.63) is 82.1 Å². The van der Waals surface area contributed by atoms with Crippen molar-refractivity contribution in [2.75, 3.05) is 13.7 Å². The zero-order valence-electron chi connectivity index (χ0n) is 16.2. The third kappa shape index (κ3) is 3.09. The van der Waals surface area contributed by atoms with E-state index in [1.165, 1.54) is 19.2 Å². The van der Waals surface area contributed by atoms with E-state index in [-0.39, 0.29) is 28.4 Å². The number of carbonyl (C=O) groups excluding carboxylic acids is 1. The average Bonchev–Trinajstić information content (AvgIpc) is 3.15. The number of fused-ring (bicyclic) bond motifs is 1. The Kier molecular flexibility index (Phi) is 5.13. The fourth-order valence-corrected chi connectivity index (χ4v) is 4.24. The topological polar surface area (TPSA) is 87.6 Å². The van der Waals surface area contributed by atoms with E-state index < -0.39 is 17.3 Å². The van der Waals surface area contributed by atoms with Gasteiger partial charge < -0.3 is 20.9 Å². The number of methoxy groups -OCH3 is 1. The monoisotopic (exact) mass is 426 g/mol. The van der Waals surface area contributed by atoms with Crippen LogP contribution in [0.25, 0.3) is 11.1 Å². The summed E-state index contributed by atoms with van der Waals surface area (Å²) < 4.78 is 26.8. The van der Waals surface area contributed by atoms with Crippen LogP contribution in [0.3, 0.4) is 0 Å². The van der Waals surface area contributed by atoms with E-state index in [1.807, 2.05) is 30.3 Å². The van der Waals surface area contributed by atoms with Crippen LogP contribution in [0.2, 0.25) is 5.02 Å². The maximum absolute atomic E-state index is 15.4. The fourth-order valence-electron chi connectivity index (χ4n) is 3.97. The molecular formula is C23H20ClFN2O3. The summed E-state index contributed by atoms with van der Waals surface area (Å²) in [6.45, 7) is 0.200. The molecule has 0 saturated carbocycles. The smallest absolute Gasteiger partial charge is 0.249 e. The molecule has 1 atom stereocenters. The lowest BCUT2D eigenvalue weighted by molar-refractivity contribution is 0.1000. The van der Waals surface area contributed by atoms with Crippen molar-refractivity contribution in [3.63, 3.8) is 0 Å². The first-order valence-corrected chi connectivity index (χ1v) is 9.72. The molecule has 1 amide bonds. The number of amides is 1. The molecule has 0 bridgehead atoms. The van der Waals surface area contributed by atoms with Gasteiger partial charge in [-0.15, -0.1) is 0 Å². The van der Waals surface area contributed by atoms with Gasteiger partial charge in [-0.1, -0.05) is 41.9 Å². The molecule has 1 heterocycles. The fraction of sp³-hybridized carbons (Fsp3) is 0.174. The Morgan fingerprint density at radius 2 is 1.90 bits per heavy atom. The van der Waals surface area contributed by atoms with E-state index in [2.05, 4.69) is 0 Å². The number of rotatable bonds is 5. The Morgan fingerprint density at radius 3 is 2.53 bits per heavy atom. The lowest BCUT2D eigenvalue weighted by Gasteiger charge is -2.27. The van der Waals surface area contributed by atoms with Gasteiger partial charge in [-0.05, 0) is 29.8 Å². The van der Waals surface area contributed by atoms with Gasteiger partial charge in [-0.3, -0.25) is 4.79 Å². The molecule has 3 aromatic carbocycles. The molecule has 0 radical (unpaired) electrons. The van der Waals surface area contributed by atoms with E-state index in [0.717, 1.165) is 5.56 Å². The molecule has 0 saturated heterocycles. The van der Waals surface area contributed by atoms with Crippen LogP contribution in [0.1, 0.15) is 21.5 Å². The predicted molar refractivity (Wildman–Crippen MR) is 113 cm³/mol. The van der Waals surface area contributed by atoms with Gasteiger partial charge in [0.2, 0.25) is 5.91 Å². The highest BCUT2D eigenvalue weighted by Crippen LogP contribution is 2.49. The van der Waals surface area contributed by atoms with Crippen molar-refractivity contribution in [2.24, 2.45) is 11.5 Å². The Balaban J connectivity index is 1.96. The minimum absolute atomic E-state index is 0.00631. The Labute approximate surface area is 178 Å². The van der Waals surface area contributed by atoms with E-state index >= 15 is 4.39 Å². The number of hydrogen-bond acceptors (Lipinski definition) is 4. The van der Waals surface area contributed by atoms with Gasteiger partial charge >= 0.3 is 0 Å². The van der Waals surface area contributed by atoms with Crippen LogP contribution >= 0.6 is 11.6 Å². The summed E-state index contributed by atoms with van der Waals surface area (Å²) in [4.78, 5) is 12.1. The largest absolute Gasteiger partial charge is 0.494 e. The highest BCUT2D eigenvalue weighted by atomic mass is 35.5. The molecule has 154 valence electrons. The van der Waals surface area contributed by atoms with Crippen LogP contribution in [-0.4, -0.2) is 19.6 Å². The number of carbonyl (C=O) groups is 1. The summed E-state index contributed by atoms with van der Waals surface area (Å²) in [5, 5.41) is 0.271. The Bertz CT molecular complexity index is 1140. The summed E-state index contributed by atoms with van der Waals surface area (Å²) in [6.07, 6.45) is 0.355. The van der Waals surface area contributed by atoms with Gasteiger partial charge in [0.1, 0.15) is 5.75 Å². The summed E-state index contributed by atoms with van der Waals surface area (Å²) in [5.74, 6) is -0.974. The molecule has 4 rings (SSSR count). The normalized spacial score (nSPS) is 17.3. The summed E-state index contributed by atoms with van der Waals surface area (Å²) in [7, 11) is 1.35. The molecule has 0 spiro atoms. The van der Waals surface area contributed by atoms with Gasteiger partial charge in [0.15, 0.2) is 17.2 Å². The molecule has 30 heavy (non-hydrogen) atoms. The first kappa shape index (κ1) is 20.2. The van der Waals surface area contributed by atoms with Gasteiger partial charge in [-0.25, -0.2) is 4.39 Å². The molecule has 1 unspecified atom stereocenters. The summed E-state index contributed by atoms with van der Waals surface area (Å²) in [6, 6.07) is 15.7. The second-order valence-corrected chi connectivity index (χ2v) is 7.52. The van der Waals surface area contributed by atoms with Crippen molar-refractivity contribution >= 4 is 17.5 Å². The zero-order valence-corrected chi connectivity index (χ0v) is 17.0. The third-order valence-corrected chi connectivity index (χ3v) is 5.77. The van der Waals surface area contributed by atoms with Crippen molar-refractivity contribution < 1.29 is 18.7 Å². The maximum Gasteiger partial charge on any atom is 0.249 e. The number of benzene rings is 3. The standard InChI is InChI=1S/C23H20ClFN2O3/c1-29-18-9-7-14(22(27)28)20(21(18)25)19-15-11-23(12-26,13-5-3-2-4-6-13)30-17(15)10-8-16(19)24/h2-10H,11-12,26H2,1H3,(H2,27,28). The number of halogens is 2. The summed E-state index contributed by atoms with van der Waals surface area (Å²) >= 11 is 6.52. The average molecular weight is 427 g/mol. The van der Waals surface area contributed by atoms with Crippen LogP contribution in [-0.2, 0) is 12.0 Å². The van der Waals surface area contributed by atoms with Crippen LogP contribution < -0.4 is 20.9 Å². The molecule has 3 aromatic rings. The Morgan fingerprint density at radius 1 is 1.17 bits per heavy atom.